The van der Waals surface area contributed by atoms with E-state index in [-0.39, 0.29) is 30.6 Å². The van der Waals surface area contributed by atoms with Crippen LogP contribution in [0.1, 0.15) is 50.4 Å². The average molecular weight is 452 g/mol. The maximum Gasteiger partial charge on any atom is 0.334 e. The van der Waals surface area contributed by atoms with Gasteiger partial charge in [-0.2, -0.15) is 0 Å². The van der Waals surface area contributed by atoms with Crippen LogP contribution in [0.4, 0.5) is 0 Å². The Bertz CT molecular complexity index is 1130. The van der Waals surface area contributed by atoms with Gasteiger partial charge in [0.2, 0.25) is 0 Å². The van der Waals surface area contributed by atoms with E-state index < -0.39 is 29.1 Å². The third kappa shape index (κ3) is 3.07. The van der Waals surface area contributed by atoms with Gasteiger partial charge in [0.25, 0.3) is 0 Å². The Kier molecular flexibility index (Phi) is 4.97. The number of rotatable bonds is 4. The van der Waals surface area contributed by atoms with Gasteiger partial charge >= 0.3 is 5.97 Å². The standard InChI is InChI=1S/C25H29N3O5/c1-14-5-8-18(9-6-14)32-13-17-12-28(27-26-17)20-11-21(29)24(4)22-19(16(3)23(30)33-22)10-7-15(2)25(20,24)31/h5-6,8-9,12,15,19-20,22,31H,3,7,10-11,13H2,1-2,4H3/t15-,19-,20-,22+,24-,25-/m0/s1. The van der Waals surface area contributed by atoms with Gasteiger partial charge in [0.15, 0.2) is 0 Å². The highest BCUT2D eigenvalue weighted by molar-refractivity contribution is 5.95. The Hall–Kier alpha value is -3.00. The highest BCUT2D eigenvalue weighted by Gasteiger charge is 2.72. The molecule has 3 aliphatic rings. The summed E-state index contributed by atoms with van der Waals surface area (Å²) in [5, 5.41) is 20.7. The maximum absolute atomic E-state index is 13.5. The van der Waals surface area contributed by atoms with E-state index in [0.717, 1.165) is 11.3 Å². The van der Waals surface area contributed by atoms with Gasteiger partial charge in [0, 0.05) is 17.9 Å². The molecule has 6 atom stereocenters. The van der Waals surface area contributed by atoms with Gasteiger partial charge in [-0.05, 0) is 44.7 Å². The number of hydrogen-bond acceptors (Lipinski definition) is 7. The number of esters is 1. The van der Waals surface area contributed by atoms with Crippen molar-refractivity contribution in [1.82, 2.24) is 15.0 Å². The molecule has 5 rings (SSSR count). The van der Waals surface area contributed by atoms with Gasteiger partial charge in [-0.25, -0.2) is 9.48 Å². The second kappa shape index (κ2) is 7.52. The lowest BCUT2D eigenvalue weighted by atomic mass is 9.64. The molecular formula is C25H29N3O5. The van der Waals surface area contributed by atoms with Crippen molar-refractivity contribution in [2.24, 2.45) is 17.3 Å². The molecule has 2 heterocycles. The molecule has 1 N–H and O–H groups in total. The Balaban J connectivity index is 1.44. The van der Waals surface area contributed by atoms with Crippen molar-refractivity contribution in [2.45, 2.75) is 64.4 Å². The second-order valence-electron chi connectivity index (χ2n) is 9.90. The number of carbonyl (C=O) groups is 2. The van der Waals surface area contributed by atoms with E-state index in [1.54, 1.807) is 17.8 Å². The number of fused-ring (bicyclic) bond motifs is 3. The zero-order valence-corrected chi connectivity index (χ0v) is 19.2. The number of aromatic nitrogens is 3. The molecule has 0 amide bonds. The van der Waals surface area contributed by atoms with Crippen LogP contribution >= 0.6 is 0 Å². The molecule has 0 spiro atoms. The topological polar surface area (TPSA) is 104 Å². The zero-order valence-electron chi connectivity index (χ0n) is 19.2. The summed E-state index contributed by atoms with van der Waals surface area (Å²) in [6.45, 7) is 9.82. The Morgan fingerprint density at radius 2 is 2.00 bits per heavy atom. The zero-order chi connectivity index (χ0) is 23.5. The van der Waals surface area contributed by atoms with Crippen LogP contribution in [0.3, 0.4) is 0 Å². The number of ketones is 1. The summed E-state index contributed by atoms with van der Waals surface area (Å²) in [5.74, 6) is -0.364. The van der Waals surface area contributed by atoms with Crippen molar-refractivity contribution < 1.29 is 24.2 Å². The molecule has 8 heteroatoms. The van der Waals surface area contributed by atoms with Crippen LogP contribution < -0.4 is 4.74 Å². The third-order valence-corrected chi connectivity index (χ3v) is 8.12. The molecule has 1 saturated heterocycles. The first-order valence-electron chi connectivity index (χ1n) is 11.4. The minimum absolute atomic E-state index is 0.0895. The van der Waals surface area contributed by atoms with Crippen LogP contribution in [-0.2, 0) is 20.9 Å². The first kappa shape index (κ1) is 21.8. The fourth-order valence-corrected chi connectivity index (χ4v) is 6.06. The molecular weight excluding hydrogens is 422 g/mol. The number of nitrogens with zero attached hydrogens (tertiary/aromatic N) is 3. The summed E-state index contributed by atoms with van der Waals surface area (Å²) >= 11 is 0. The molecule has 174 valence electrons. The summed E-state index contributed by atoms with van der Waals surface area (Å²) in [7, 11) is 0. The van der Waals surface area contributed by atoms with Gasteiger partial charge in [0.05, 0.1) is 17.7 Å². The normalized spacial score (nSPS) is 35.7. The summed E-state index contributed by atoms with van der Waals surface area (Å²) in [5.41, 5.74) is -0.563. The molecule has 3 fully saturated rings. The van der Waals surface area contributed by atoms with Crippen molar-refractivity contribution in [3.63, 3.8) is 0 Å². The van der Waals surface area contributed by atoms with E-state index in [1.165, 1.54) is 0 Å². The van der Waals surface area contributed by atoms with Gasteiger partial charge in [0.1, 0.15) is 35.5 Å². The smallest absolute Gasteiger partial charge is 0.334 e. The molecule has 1 aromatic carbocycles. The average Bonchev–Trinajstić information content (AvgIpc) is 3.42. The van der Waals surface area contributed by atoms with E-state index in [0.29, 0.717) is 24.1 Å². The fourth-order valence-electron chi connectivity index (χ4n) is 6.06. The van der Waals surface area contributed by atoms with Gasteiger partial charge < -0.3 is 14.6 Å². The van der Waals surface area contributed by atoms with Gasteiger partial charge in [-0.15, -0.1) is 5.10 Å². The van der Waals surface area contributed by atoms with E-state index in [9.17, 15) is 14.7 Å². The van der Waals surface area contributed by atoms with Crippen LogP contribution in [0, 0.1) is 24.2 Å². The first-order valence-corrected chi connectivity index (χ1v) is 11.4. The van der Waals surface area contributed by atoms with E-state index >= 15 is 0 Å². The van der Waals surface area contributed by atoms with Crippen molar-refractivity contribution in [3.05, 3.63) is 53.9 Å². The summed E-state index contributed by atoms with van der Waals surface area (Å²) < 4.78 is 13.0. The Labute approximate surface area is 192 Å². The molecule has 0 bridgehead atoms. The van der Waals surface area contributed by atoms with Crippen LogP contribution in [-0.4, -0.2) is 43.6 Å². The second-order valence-corrected chi connectivity index (χ2v) is 9.90. The molecule has 1 aliphatic heterocycles. The first-order chi connectivity index (χ1) is 15.7. The molecule has 8 nitrogen and oxygen atoms in total. The predicted molar refractivity (Wildman–Crippen MR) is 118 cm³/mol. The molecule has 0 radical (unpaired) electrons. The van der Waals surface area contributed by atoms with Crippen LogP contribution in [0.5, 0.6) is 5.75 Å². The third-order valence-electron chi connectivity index (χ3n) is 8.12. The highest BCUT2D eigenvalue weighted by Crippen LogP contribution is 2.61. The Morgan fingerprint density at radius 3 is 2.73 bits per heavy atom. The lowest BCUT2D eigenvalue weighted by Gasteiger charge is -2.46. The predicted octanol–water partition coefficient (Wildman–Crippen LogP) is 2.94. The fraction of sp³-hybridized carbons (Fsp3) is 0.520. The van der Waals surface area contributed by atoms with Crippen LogP contribution in [0.15, 0.2) is 42.6 Å². The molecule has 2 aromatic rings. The molecule has 1 aromatic heterocycles. The minimum Gasteiger partial charge on any atom is -0.487 e. The number of benzene rings is 1. The van der Waals surface area contributed by atoms with E-state index in [4.69, 9.17) is 9.47 Å². The number of ether oxygens (including phenoxy) is 2. The SMILES string of the molecule is C=C1C(=O)O[C@@H]2[C@H]1CC[C@H](C)[C@]1(O)[C@@H](n3cc(COc4ccc(C)cc4)nn3)CC(=O)[C@@]21C. The number of Topliss-reactive ketones (excluding diaryl/α,β-unsaturated/α-hetero) is 1. The van der Waals surface area contributed by atoms with Crippen molar-refractivity contribution in [1.29, 1.82) is 0 Å². The van der Waals surface area contributed by atoms with Crippen molar-refractivity contribution in [3.8, 4) is 5.75 Å². The number of aliphatic hydroxyl groups is 1. The molecule has 2 aliphatic carbocycles. The number of hydrogen-bond donors (Lipinski definition) is 1. The van der Waals surface area contributed by atoms with Gasteiger partial charge in [-0.3, -0.25) is 4.79 Å². The highest BCUT2D eigenvalue weighted by atomic mass is 16.6. The van der Waals surface area contributed by atoms with E-state index in [2.05, 4.69) is 16.9 Å². The largest absolute Gasteiger partial charge is 0.487 e. The maximum atomic E-state index is 13.5. The molecule has 0 unspecified atom stereocenters. The summed E-state index contributed by atoms with van der Waals surface area (Å²) in [4.78, 5) is 25.7. The number of carbonyl (C=O) groups excluding carboxylic acids is 2. The monoisotopic (exact) mass is 451 g/mol. The minimum atomic E-state index is -1.45. The van der Waals surface area contributed by atoms with Crippen molar-refractivity contribution in [2.75, 3.05) is 0 Å². The summed E-state index contributed by atoms with van der Waals surface area (Å²) in [6.07, 6.45) is 2.38. The lowest BCUT2D eigenvalue weighted by molar-refractivity contribution is -0.178. The van der Waals surface area contributed by atoms with Crippen LogP contribution in [0.25, 0.3) is 0 Å². The number of aryl methyl sites for hydroxylation is 1. The Morgan fingerprint density at radius 1 is 1.27 bits per heavy atom. The van der Waals surface area contributed by atoms with Crippen LogP contribution in [0.2, 0.25) is 0 Å². The molecule has 2 saturated carbocycles. The van der Waals surface area contributed by atoms with Crippen molar-refractivity contribution >= 4 is 11.8 Å². The van der Waals surface area contributed by atoms with E-state index in [1.807, 2.05) is 38.1 Å². The van der Waals surface area contributed by atoms with Gasteiger partial charge in [-0.1, -0.05) is 36.4 Å². The molecule has 33 heavy (non-hydrogen) atoms. The quantitative estimate of drug-likeness (QED) is 0.563. The summed E-state index contributed by atoms with van der Waals surface area (Å²) in [6, 6.07) is 7.11. The lowest BCUT2D eigenvalue weighted by Crippen LogP contribution is -2.59.